The Morgan fingerprint density at radius 3 is 2.71 bits per heavy atom. The molecule has 2 nitrogen and oxygen atoms in total. The third-order valence-corrected chi connectivity index (χ3v) is 3.70. The van der Waals surface area contributed by atoms with Gasteiger partial charge in [-0.1, -0.05) is 15.9 Å². The SMILES string of the molecule is Cc1cnc(N(C)C(C)CBr)c(Br)c1. The van der Waals surface area contributed by atoms with Gasteiger partial charge >= 0.3 is 0 Å². The number of hydrogen-bond donors (Lipinski definition) is 0. The number of halogens is 2. The van der Waals surface area contributed by atoms with E-state index in [0.29, 0.717) is 6.04 Å². The van der Waals surface area contributed by atoms with Crippen molar-refractivity contribution < 1.29 is 0 Å². The van der Waals surface area contributed by atoms with E-state index in [4.69, 9.17) is 0 Å². The molecule has 1 unspecified atom stereocenters. The van der Waals surface area contributed by atoms with Crippen LogP contribution in [-0.4, -0.2) is 23.4 Å². The maximum Gasteiger partial charge on any atom is 0.142 e. The Kier molecular flexibility index (Phi) is 4.38. The summed E-state index contributed by atoms with van der Waals surface area (Å²) in [4.78, 5) is 6.56. The van der Waals surface area contributed by atoms with Gasteiger partial charge in [-0.05, 0) is 41.4 Å². The normalized spacial score (nSPS) is 12.6. The third-order valence-electron chi connectivity index (χ3n) is 2.18. The molecule has 1 heterocycles. The minimum Gasteiger partial charge on any atom is -0.355 e. The van der Waals surface area contributed by atoms with E-state index in [0.717, 1.165) is 15.6 Å². The molecule has 78 valence electrons. The second-order valence-electron chi connectivity index (χ2n) is 3.43. The van der Waals surface area contributed by atoms with Gasteiger partial charge in [0, 0.05) is 24.6 Å². The highest BCUT2D eigenvalue weighted by Gasteiger charge is 2.12. The lowest BCUT2D eigenvalue weighted by atomic mass is 10.3. The Morgan fingerprint density at radius 1 is 1.57 bits per heavy atom. The van der Waals surface area contributed by atoms with Crippen LogP contribution in [0, 0.1) is 6.92 Å². The molecule has 0 aliphatic carbocycles. The Bertz CT molecular complexity index is 315. The van der Waals surface area contributed by atoms with Crippen LogP contribution in [-0.2, 0) is 0 Å². The summed E-state index contributed by atoms with van der Waals surface area (Å²) in [6, 6.07) is 2.52. The van der Waals surface area contributed by atoms with Gasteiger partial charge in [-0.25, -0.2) is 4.98 Å². The summed E-state index contributed by atoms with van der Waals surface area (Å²) in [6.45, 7) is 4.19. The molecule has 0 spiro atoms. The fourth-order valence-corrected chi connectivity index (χ4v) is 2.28. The molecule has 0 fully saturated rings. The zero-order valence-corrected chi connectivity index (χ0v) is 11.8. The van der Waals surface area contributed by atoms with Crippen molar-refractivity contribution in [1.82, 2.24) is 4.98 Å². The monoisotopic (exact) mass is 320 g/mol. The van der Waals surface area contributed by atoms with Crippen LogP contribution in [0.1, 0.15) is 12.5 Å². The quantitative estimate of drug-likeness (QED) is 0.793. The summed E-state index contributed by atoms with van der Waals surface area (Å²) in [5, 5.41) is 0.936. The van der Waals surface area contributed by atoms with Crippen LogP contribution in [0.2, 0.25) is 0 Å². The molecule has 1 aromatic heterocycles. The smallest absolute Gasteiger partial charge is 0.142 e. The number of nitrogens with zero attached hydrogens (tertiary/aromatic N) is 2. The van der Waals surface area contributed by atoms with Crippen molar-refractivity contribution in [2.45, 2.75) is 19.9 Å². The number of anilines is 1. The van der Waals surface area contributed by atoms with Crippen LogP contribution >= 0.6 is 31.9 Å². The van der Waals surface area contributed by atoms with Crippen molar-refractivity contribution in [2.24, 2.45) is 0 Å². The summed E-state index contributed by atoms with van der Waals surface area (Å²) in [7, 11) is 2.05. The van der Waals surface area contributed by atoms with Gasteiger partial charge < -0.3 is 4.90 Å². The number of pyridine rings is 1. The van der Waals surface area contributed by atoms with Crippen LogP contribution in [0.3, 0.4) is 0 Å². The average molecular weight is 322 g/mol. The Hall–Kier alpha value is -0.0900. The molecular formula is C10H14Br2N2. The van der Waals surface area contributed by atoms with Crippen LogP contribution in [0.4, 0.5) is 5.82 Å². The van der Waals surface area contributed by atoms with Crippen molar-refractivity contribution in [2.75, 3.05) is 17.3 Å². The molecule has 1 aromatic rings. The van der Waals surface area contributed by atoms with E-state index in [2.05, 4.69) is 54.7 Å². The van der Waals surface area contributed by atoms with Gasteiger partial charge in [0.25, 0.3) is 0 Å². The zero-order chi connectivity index (χ0) is 10.7. The van der Waals surface area contributed by atoms with Crippen LogP contribution in [0.25, 0.3) is 0 Å². The van der Waals surface area contributed by atoms with Crippen molar-refractivity contribution >= 4 is 37.7 Å². The minimum absolute atomic E-state index is 0.432. The topological polar surface area (TPSA) is 16.1 Å². The largest absolute Gasteiger partial charge is 0.355 e. The molecule has 0 aliphatic heterocycles. The first-order valence-corrected chi connectivity index (χ1v) is 6.38. The average Bonchev–Trinajstić information content (AvgIpc) is 2.15. The van der Waals surface area contributed by atoms with Crippen LogP contribution < -0.4 is 4.90 Å². The third kappa shape index (κ3) is 2.70. The van der Waals surface area contributed by atoms with E-state index >= 15 is 0 Å². The molecule has 0 aliphatic rings. The van der Waals surface area contributed by atoms with Gasteiger partial charge in [0.1, 0.15) is 5.82 Å². The summed E-state index contributed by atoms with van der Waals surface area (Å²) in [5.41, 5.74) is 1.17. The number of alkyl halides is 1. The summed E-state index contributed by atoms with van der Waals surface area (Å²) in [5.74, 6) is 0.988. The van der Waals surface area contributed by atoms with Gasteiger partial charge in [0.2, 0.25) is 0 Å². The highest BCUT2D eigenvalue weighted by molar-refractivity contribution is 9.10. The molecule has 0 saturated heterocycles. The van der Waals surface area contributed by atoms with E-state index in [1.807, 2.05) is 20.2 Å². The van der Waals surface area contributed by atoms with Gasteiger partial charge in [0.15, 0.2) is 0 Å². The standard InChI is InChI=1S/C10H14Br2N2/c1-7-4-9(12)10(13-6-7)14(3)8(2)5-11/h4,6,8H,5H2,1-3H3. The first kappa shape index (κ1) is 12.0. The van der Waals surface area contributed by atoms with Gasteiger partial charge in [-0.2, -0.15) is 0 Å². The van der Waals surface area contributed by atoms with Crippen LogP contribution in [0.5, 0.6) is 0 Å². The van der Waals surface area contributed by atoms with Crippen molar-refractivity contribution in [3.63, 3.8) is 0 Å². The number of aromatic nitrogens is 1. The second-order valence-corrected chi connectivity index (χ2v) is 4.93. The van der Waals surface area contributed by atoms with Crippen molar-refractivity contribution in [1.29, 1.82) is 0 Å². The fourth-order valence-electron chi connectivity index (χ4n) is 1.10. The van der Waals surface area contributed by atoms with E-state index in [1.54, 1.807) is 0 Å². The number of rotatable bonds is 3. The first-order chi connectivity index (χ1) is 6.56. The lowest BCUT2D eigenvalue weighted by Gasteiger charge is -2.25. The molecule has 4 heteroatoms. The van der Waals surface area contributed by atoms with Gasteiger partial charge in [-0.15, -0.1) is 0 Å². The molecule has 1 rings (SSSR count). The maximum absolute atomic E-state index is 4.40. The molecule has 0 amide bonds. The molecule has 0 N–H and O–H groups in total. The first-order valence-electron chi connectivity index (χ1n) is 4.47. The Labute approximate surface area is 102 Å². The molecule has 0 bridgehead atoms. The van der Waals surface area contributed by atoms with E-state index in [9.17, 15) is 0 Å². The predicted octanol–water partition coefficient (Wildman–Crippen LogP) is 3.37. The molecule has 1 atom stereocenters. The lowest BCUT2D eigenvalue weighted by molar-refractivity contribution is 0.755. The second kappa shape index (κ2) is 5.12. The molecule has 0 saturated carbocycles. The Morgan fingerprint density at radius 2 is 2.21 bits per heavy atom. The molecule has 0 aromatic carbocycles. The van der Waals surface area contributed by atoms with E-state index in [-0.39, 0.29) is 0 Å². The minimum atomic E-state index is 0.432. The van der Waals surface area contributed by atoms with Crippen molar-refractivity contribution in [3.8, 4) is 0 Å². The highest BCUT2D eigenvalue weighted by atomic mass is 79.9. The fraction of sp³-hybridized carbons (Fsp3) is 0.500. The number of aryl methyl sites for hydroxylation is 1. The zero-order valence-electron chi connectivity index (χ0n) is 8.59. The lowest BCUT2D eigenvalue weighted by Crippen LogP contribution is -2.31. The Balaban J connectivity index is 2.95. The van der Waals surface area contributed by atoms with Crippen LogP contribution in [0.15, 0.2) is 16.7 Å². The predicted molar refractivity (Wildman–Crippen MR) is 68.3 cm³/mol. The molecular weight excluding hydrogens is 308 g/mol. The highest BCUT2D eigenvalue weighted by Crippen LogP contribution is 2.25. The van der Waals surface area contributed by atoms with Crippen molar-refractivity contribution in [3.05, 3.63) is 22.3 Å². The van der Waals surface area contributed by atoms with E-state index in [1.165, 1.54) is 5.56 Å². The van der Waals surface area contributed by atoms with E-state index < -0.39 is 0 Å². The molecule has 14 heavy (non-hydrogen) atoms. The summed E-state index contributed by atoms with van der Waals surface area (Å²) >= 11 is 6.99. The number of hydrogen-bond acceptors (Lipinski definition) is 2. The van der Waals surface area contributed by atoms with Gasteiger partial charge in [-0.3, -0.25) is 0 Å². The summed E-state index contributed by atoms with van der Waals surface area (Å²) in [6.07, 6.45) is 1.89. The maximum atomic E-state index is 4.40. The molecule has 0 radical (unpaired) electrons. The van der Waals surface area contributed by atoms with Gasteiger partial charge in [0.05, 0.1) is 4.47 Å². The summed E-state index contributed by atoms with van der Waals surface area (Å²) < 4.78 is 1.05.